The highest BCUT2D eigenvalue weighted by Crippen LogP contribution is 2.26. The molecule has 3 N–H and O–H groups in total. The summed E-state index contributed by atoms with van der Waals surface area (Å²) < 4.78 is 0.862. The minimum atomic E-state index is -0.581. The zero-order chi connectivity index (χ0) is 13.2. The first-order valence-electron chi connectivity index (χ1n) is 5.23. The Hall–Kier alpha value is -0.580. The molecule has 0 aliphatic rings. The SMILES string of the molecule is CC(C)(C)[C@@H](N)C(=O)Nc1ccc(Br)cc1Cl. The van der Waals surface area contributed by atoms with Crippen LogP contribution in [0.1, 0.15) is 20.8 Å². The van der Waals surface area contributed by atoms with Crippen LogP contribution in [0, 0.1) is 5.41 Å². The van der Waals surface area contributed by atoms with Crippen LogP contribution in [-0.4, -0.2) is 11.9 Å². The number of rotatable bonds is 2. The van der Waals surface area contributed by atoms with E-state index >= 15 is 0 Å². The third kappa shape index (κ3) is 3.98. The first-order valence-corrected chi connectivity index (χ1v) is 6.40. The van der Waals surface area contributed by atoms with E-state index in [0.29, 0.717) is 10.7 Å². The molecule has 1 aromatic rings. The van der Waals surface area contributed by atoms with E-state index in [-0.39, 0.29) is 11.3 Å². The van der Waals surface area contributed by atoms with Crippen LogP contribution in [0.5, 0.6) is 0 Å². The number of nitrogens with two attached hydrogens (primary N) is 1. The van der Waals surface area contributed by atoms with E-state index in [1.807, 2.05) is 26.8 Å². The third-order valence-electron chi connectivity index (χ3n) is 2.40. The molecule has 17 heavy (non-hydrogen) atoms. The van der Waals surface area contributed by atoms with Crippen LogP contribution in [0.15, 0.2) is 22.7 Å². The molecule has 5 heteroatoms. The number of benzene rings is 1. The summed E-state index contributed by atoms with van der Waals surface area (Å²) in [5, 5.41) is 3.21. The van der Waals surface area contributed by atoms with Crippen molar-refractivity contribution in [3.8, 4) is 0 Å². The first kappa shape index (κ1) is 14.5. The molecule has 0 aliphatic carbocycles. The van der Waals surface area contributed by atoms with Gasteiger partial charge in [-0.25, -0.2) is 0 Å². The normalized spacial score (nSPS) is 13.3. The molecular weight excluding hydrogens is 304 g/mol. The van der Waals surface area contributed by atoms with Crippen molar-refractivity contribution in [1.82, 2.24) is 0 Å². The Bertz CT molecular complexity index is 429. The lowest BCUT2D eigenvalue weighted by Crippen LogP contribution is -2.45. The van der Waals surface area contributed by atoms with Gasteiger partial charge in [0.15, 0.2) is 0 Å². The second-order valence-electron chi connectivity index (χ2n) is 4.96. The number of carbonyl (C=O) groups is 1. The van der Waals surface area contributed by atoms with Crippen LogP contribution in [0.2, 0.25) is 5.02 Å². The minimum Gasteiger partial charge on any atom is -0.323 e. The molecule has 3 nitrogen and oxygen atoms in total. The number of halogens is 2. The predicted octanol–water partition coefficient (Wildman–Crippen LogP) is 3.41. The van der Waals surface area contributed by atoms with Gasteiger partial charge in [-0.15, -0.1) is 0 Å². The maximum absolute atomic E-state index is 11.9. The Balaban J connectivity index is 2.82. The van der Waals surface area contributed by atoms with Crippen LogP contribution in [0.25, 0.3) is 0 Å². The number of hydrogen-bond donors (Lipinski definition) is 2. The molecule has 0 fully saturated rings. The summed E-state index contributed by atoms with van der Waals surface area (Å²) in [5.74, 6) is -0.235. The van der Waals surface area contributed by atoms with E-state index in [1.54, 1.807) is 12.1 Å². The molecule has 0 aliphatic heterocycles. The van der Waals surface area contributed by atoms with E-state index in [0.717, 1.165) is 4.47 Å². The van der Waals surface area contributed by atoms with Gasteiger partial charge in [-0.1, -0.05) is 48.3 Å². The van der Waals surface area contributed by atoms with Gasteiger partial charge in [0.2, 0.25) is 5.91 Å². The highest BCUT2D eigenvalue weighted by molar-refractivity contribution is 9.10. The highest BCUT2D eigenvalue weighted by Gasteiger charge is 2.27. The molecule has 0 bridgehead atoms. The summed E-state index contributed by atoms with van der Waals surface area (Å²) in [7, 11) is 0. The summed E-state index contributed by atoms with van der Waals surface area (Å²) in [6.45, 7) is 5.75. The standard InChI is InChI=1S/C12H16BrClN2O/c1-12(2,3)10(15)11(17)16-9-5-4-7(13)6-8(9)14/h4-6,10H,15H2,1-3H3,(H,16,17)/t10-/m0/s1. The zero-order valence-electron chi connectivity index (χ0n) is 10.1. The number of nitrogens with one attached hydrogen (secondary N) is 1. The van der Waals surface area contributed by atoms with Crippen molar-refractivity contribution in [2.75, 3.05) is 5.32 Å². The molecular formula is C12H16BrClN2O. The Morgan fingerprint density at radius 1 is 1.47 bits per heavy atom. The molecule has 1 rings (SSSR count). The topological polar surface area (TPSA) is 55.1 Å². The Kier molecular flexibility index (Phi) is 4.58. The molecule has 94 valence electrons. The third-order valence-corrected chi connectivity index (χ3v) is 3.21. The number of amides is 1. The molecule has 0 aromatic heterocycles. The van der Waals surface area contributed by atoms with Gasteiger partial charge in [-0.3, -0.25) is 4.79 Å². The number of anilines is 1. The highest BCUT2D eigenvalue weighted by atomic mass is 79.9. The van der Waals surface area contributed by atoms with Gasteiger partial charge in [0.05, 0.1) is 16.8 Å². The maximum atomic E-state index is 11.9. The van der Waals surface area contributed by atoms with Crippen LogP contribution < -0.4 is 11.1 Å². The van der Waals surface area contributed by atoms with Crippen molar-refractivity contribution in [3.63, 3.8) is 0 Å². The van der Waals surface area contributed by atoms with E-state index in [4.69, 9.17) is 17.3 Å². The van der Waals surface area contributed by atoms with Crippen LogP contribution in [0.3, 0.4) is 0 Å². The predicted molar refractivity (Wildman–Crippen MR) is 75.2 cm³/mol. The summed E-state index contributed by atoms with van der Waals surface area (Å²) in [5.41, 5.74) is 6.14. The second-order valence-corrected chi connectivity index (χ2v) is 6.28. The summed E-state index contributed by atoms with van der Waals surface area (Å²) in [6.07, 6.45) is 0. The van der Waals surface area contributed by atoms with E-state index in [2.05, 4.69) is 21.2 Å². The fourth-order valence-corrected chi connectivity index (χ4v) is 1.92. The fraction of sp³-hybridized carbons (Fsp3) is 0.417. The lowest BCUT2D eigenvalue weighted by Gasteiger charge is -2.26. The molecule has 1 aromatic carbocycles. The van der Waals surface area contributed by atoms with E-state index in [1.165, 1.54) is 0 Å². The van der Waals surface area contributed by atoms with Crippen LogP contribution >= 0.6 is 27.5 Å². The van der Waals surface area contributed by atoms with E-state index in [9.17, 15) is 4.79 Å². The largest absolute Gasteiger partial charge is 0.323 e. The molecule has 0 unspecified atom stereocenters. The quantitative estimate of drug-likeness (QED) is 0.877. The Labute approximate surface area is 115 Å². The van der Waals surface area contributed by atoms with Gasteiger partial charge in [-0.05, 0) is 23.6 Å². The van der Waals surface area contributed by atoms with Crippen molar-refractivity contribution in [1.29, 1.82) is 0 Å². The maximum Gasteiger partial charge on any atom is 0.241 e. The average Bonchev–Trinajstić information content (AvgIpc) is 2.19. The summed E-state index contributed by atoms with van der Waals surface area (Å²) in [4.78, 5) is 11.9. The van der Waals surface area contributed by atoms with Gasteiger partial charge in [0.25, 0.3) is 0 Å². The van der Waals surface area contributed by atoms with Crippen molar-refractivity contribution in [2.24, 2.45) is 11.1 Å². The molecule has 0 spiro atoms. The van der Waals surface area contributed by atoms with E-state index < -0.39 is 6.04 Å². The van der Waals surface area contributed by atoms with Crippen molar-refractivity contribution in [3.05, 3.63) is 27.7 Å². The monoisotopic (exact) mass is 318 g/mol. The van der Waals surface area contributed by atoms with Gasteiger partial charge < -0.3 is 11.1 Å². The fourth-order valence-electron chi connectivity index (χ4n) is 1.19. The first-order chi connectivity index (χ1) is 7.71. The second kappa shape index (κ2) is 5.38. The lowest BCUT2D eigenvalue weighted by molar-refractivity contribution is -0.119. The molecule has 0 saturated carbocycles. The Morgan fingerprint density at radius 2 is 2.06 bits per heavy atom. The van der Waals surface area contributed by atoms with Crippen molar-refractivity contribution < 1.29 is 4.79 Å². The molecule has 1 atom stereocenters. The molecule has 0 heterocycles. The average molecular weight is 320 g/mol. The van der Waals surface area contributed by atoms with Gasteiger partial charge in [0.1, 0.15) is 0 Å². The molecule has 0 radical (unpaired) electrons. The smallest absolute Gasteiger partial charge is 0.241 e. The zero-order valence-corrected chi connectivity index (χ0v) is 12.4. The van der Waals surface area contributed by atoms with Crippen molar-refractivity contribution in [2.45, 2.75) is 26.8 Å². The van der Waals surface area contributed by atoms with Crippen LogP contribution in [0.4, 0.5) is 5.69 Å². The summed E-state index contributed by atoms with van der Waals surface area (Å²) >= 11 is 9.31. The number of hydrogen-bond acceptors (Lipinski definition) is 2. The van der Waals surface area contributed by atoms with Gasteiger partial charge in [-0.2, -0.15) is 0 Å². The lowest BCUT2D eigenvalue weighted by atomic mass is 9.87. The molecule has 0 saturated heterocycles. The van der Waals surface area contributed by atoms with Crippen LogP contribution in [-0.2, 0) is 4.79 Å². The van der Waals surface area contributed by atoms with Crippen molar-refractivity contribution >= 4 is 39.1 Å². The number of carbonyl (C=O) groups excluding carboxylic acids is 1. The summed E-state index contributed by atoms with van der Waals surface area (Å²) in [6, 6.07) is 4.69. The van der Waals surface area contributed by atoms with Gasteiger partial charge in [0, 0.05) is 4.47 Å². The van der Waals surface area contributed by atoms with Gasteiger partial charge >= 0.3 is 0 Å². The molecule has 1 amide bonds. The minimum absolute atomic E-state index is 0.235. The Morgan fingerprint density at radius 3 is 2.53 bits per heavy atom.